The van der Waals surface area contributed by atoms with Gasteiger partial charge in [-0.3, -0.25) is 4.79 Å². The fraction of sp³-hybridized carbons (Fsp3) is 0.312. The van der Waals surface area contributed by atoms with Gasteiger partial charge >= 0.3 is 0 Å². The highest BCUT2D eigenvalue weighted by molar-refractivity contribution is 5.90. The van der Waals surface area contributed by atoms with E-state index in [1.54, 1.807) is 13.0 Å². The predicted molar refractivity (Wildman–Crippen MR) is 85.6 cm³/mol. The summed E-state index contributed by atoms with van der Waals surface area (Å²) in [6, 6.07) is 9.06. The van der Waals surface area contributed by atoms with Crippen LogP contribution in [0.15, 0.2) is 40.0 Å². The highest BCUT2D eigenvalue weighted by atomic mass is 16.6. The molecule has 1 N–H and O–H groups in total. The topological polar surface area (TPSA) is 86.0 Å². The molecule has 1 aromatic heterocycles. The minimum atomic E-state index is -0.373. The Morgan fingerprint density at radius 3 is 2.91 bits per heavy atom. The van der Waals surface area contributed by atoms with Crippen molar-refractivity contribution in [3.8, 4) is 5.75 Å². The summed E-state index contributed by atoms with van der Waals surface area (Å²) in [6.45, 7) is 5.40. The maximum absolute atomic E-state index is 11.6. The van der Waals surface area contributed by atoms with Crippen molar-refractivity contribution in [2.75, 3.05) is 11.9 Å². The molecule has 7 nitrogen and oxygen atoms in total. The lowest BCUT2D eigenvalue weighted by Crippen LogP contribution is -2.17. The number of rotatable bonds is 7. The van der Waals surface area contributed by atoms with Crippen LogP contribution in [0, 0.1) is 6.92 Å². The maximum Gasteiger partial charge on any atom is 0.266 e. The fourth-order valence-corrected chi connectivity index (χ4v) is 1.74. The molecule has 0 radical (unpaired) electrons. The molecule has 0 saturated heterocycles. The molecule has 122 valence electrons. The third-order valence-corrected chi connectivity index (χ3v) is 2.64. The van der Waals surface area contributed by atoms with Gasteiger partial charge < -0.3 is 19.4 Å². The zero-order chi connectivity index (χ0) is 16.7. The van der Waals surface area contributed by atoms with Crippen LogP contribution in [0.3, 0.4) is 0 Å². The minimum Gasteiger partial charge on any atom is -0.490 e. The first-order chi connectivity index (χ1) is 11.0. The fourth-order valence-electron chi connectivity index (χ4n) is 1.74. The predicted octanol–water partition coefficient (Wildman–Crippen LogP) is 2.76. The molecule has 1 heterocycles. The van der Waals surface area contributed by atoms with Gasteiger partial charge in [0, 0.05) is 11.6 Å². The summed E-state index contributed by atoms with van der Waals surface area (Å²) in [5, 5.41) is 9.97. The molecule has 0 atom stereocenters. The highest BCUT2D eigenvalue weighted by Crippen LogP contribution is 2.17. The number of anilines is 1. The number of nitrogens with one attached hydrogen (secondary N) is 1. The summed E-state index contributed by atoms with van der Waals surface area (Å²) in [5.74, 6) is 1.29. The molecule has 0 saturated carbocycles. The zero-order valence-corrected chi connectivity index (χ0v) is 13.3. The molecule has 2 aromatic rings. The van der Waals surface area contributed by atoms with Crippen molar-refractivity contribution in [2.45, 2.75) is 26.9 Å². The average molecular weight is 317 g/mol. The van der Waals surface area contributed by atoms with E-state index in [2.05, 4.69) is 15.6 Å². The SMILES string of the molecule is Cc1cc(NC(=O)CO/N=C/c2ccccc2OC(C)C)no1. The number of aryl methyl sites for hydroxylation is 1. The first kappa shape index (κ1) is 16.5. The van der Waals surface area contributed by atoms with Crippen LogP contribution in [0.2, 0.25) is 0 Å². The van der Waals surface area contributed by atoms with Crippen LogP contribution >= 0.6 is 0 Å². The lowest BCUT2D eigenvalue weighted by molar-refractivity contribution is -0.120. The van der Waals surface area contributed by atoms with Crippen molar-refractivity contribution in [1.82, 2.24) is 5.16 Å². The van der Waals surface area contributed by atoms with Gasteiger partial charge in [-0.1, -0.05) is 22.4 Å². The van der Waals surface area contributed by atoms with Gasteiger partial charge in [-0.25, -0.2) is 0 Å². The van der Waals surface area contributed by atoms with Gasteiger partial charge in [-0.05, 0) is 32.9 Å². The maximum atomic E-state index is 11.6. The summed E-state index contributed by atoms with van der Waals surface area (Å²) < 4.78 is 10.5. The Balaban J connectivity index is 1.83. The Hall–Kier alpha value is -2.83. The number of hydrogen-bond acceptors (Lipinski definition) is 6. The van der Waals surface area contributed by atoms with Gasteiger partial charge in [0.05, 0.1) is 12.3 Å². The normalized spacial score (nSPS) is 11.0. The van der Waals surface area contributed by atoms with Gasteiger partial charge in [0.15, 0.2) is 12.4 Å². The van der Waals surface area contributed by atoms with Crippen LogP contribution in [0.25, 0.3) is 0 Å². The second-order valence-electron chi connectivity index (χ2n) is 5.08. The molecule has 0 fully saturated rings. The Morgan fingerprint density at radius 2 is 2.22 bits per heavy atom. The number of aromatic nitrogens is 1. The first-order valence-electron chi connectivity index (χ1n) is 7.19. The van der Waals surface area contributed by atoms with Gasteiger partial charge in [0.2, 0.25) is 0 Å². The van der Waals surface area contributed by atoms with Gasteiger partial charge in [0.1, 0.15) is 11.5 Å². The lowest BCUT2D eigenvalue weighted by Gasteiger charge is -2.11. The standard InChI is InChI=1S/C16H19N3O4/c1-11(2)22-14-7-5-4-6-13(14)9-17-21-10-16(20)18-15-8-12(3)23-19-15/h4-9,11H,10H2,1-3H3,(H,18,19,20)/b17-9+. The Kier molecular flexibility index (Phi) is 5.74. The highest BCUT2D eigenvalue weighted by Gasteiger charge is 2.06. The molecule has 7 heteroatoms. The summed E-state index contributed by atoms with van der Waals surface area (Å²) in [5.41, 5.74) is 0.772. The summed E-state index contributed by atoms with van der Waals surface area (Å²) in [4.78, 5) is 16.6. The van der Waals surface area contributed by atoms with E-state index in [1.807, 2.05) is 38.1 Å². The Morgan fingerprint density at radius 1 is 1.43 bits per heavy atom. The van der Waals surface area contributed by atoms with Crippen molar-refractivity contribution in [3.05, 3.63) is 41.7 Å². The van der Waals surface area contributed by atoms with Gasteiger partial charge in [0.25, 0.3) is 5.91 Å². The number of oxime groups is 1. The zero-order valence-electron chi connectivity index (χ0n) is 13.3. The molecule has 0 aliphatic heterocycles. The van der Waals surface area contributed by atoms with Crippen molar-refractivity contribution in [2.24, 2.45) is 5.16 Å². The summed E-state index contributed by atoms with van der Waals surface area (Å²) in [7, 11) is 0. The lowest BCUT2D eigenvalue weighted by atomic mass is 10.2. The first-order valence-corrected chi connectivity index (χ1v) is 7.19. The number of hydrogen-bond donors (Lipinski definition) is 1. The number of carbonyl (C=O) groups is 1. The van der Waals surface area contributed by atoms with E-state index in [0.29, 0.717) is 17.3 Å². The van der Waals surface area contributed by atoms with E-state index in [-0.39, 0.29) is 18.6 Å². The number of nitrogens with zero attached hydrogens (tertiary/aromatic N) is 2. The molecule has 0 aliphatic rings. The molecule has 0 bridgehead atoms. The minimum absolute atomic E-state index is 0.0576. The smallest absolute Gasteiger partial charge is 0.266 e. The number of ether oxygens (including phenoxy) is 1. The van der Waals surface area contributed by atoms with Crippen LogP contribution < -0.4 is 10.1 Å². The Labute approximate surface area is 134 Å². The van der Waals surface area contributed by atoms with E-state index in [1.165, 1.54) is 6.21 Å². The molecule has 1 aromatic carbocycles. The molecule has 0 aliphatic carbocycles. The number of benzene rings is 1. The number of amides is 1. The van der Waals surface area contributed by atoms with Crippen molar-refractivity contribution >= 4 is 17.9 Å². The molecular weight excluding hydrogens is 298 g/mol. The second-order valence-corrected chi connectivity index (χ2v) is 5.08. The average Bonchev–Trinajstić information content (AvgIpc) is 2.89. The molecule has 0 spiro atoms. The van der Waals surface area contributed by atoms with Crippen molar-refractivity contribution < 1.29 is 18.9 Å². The summed E-state index contributed by atoms with van der Waals surface area (Å²) in [6.07, 6.45) is 1.56. The summed E-state index contributed by atoms with van der Waals surface area (Å²) >= 11 is 0. The van der Waals surface area contributed by atoms with Crippen LogP contribution in [0.1, 0.15) is 25.2 Å². The van der Waals surface area contributed by atoms with Crippen molar-refractivity contribution in [3.63, 3.8) is 0 Å². The van der Waals surface area contributed by atoms with Crippen molar-refractivity contribution in [1.29, 1.82) is 0 Å². The van der Waals surface area contributed by atoms with E-state index in [4.69, 9.17) is 14.1 Å². The second kappa shape index (κ2) is 7.98. The van der Waals surface area contributed by atoms with E-state index in [9.17, 15) is 4.79 Å². The van der Waals surface area contributed by atoms with Crippen LogP contribution in [-0.4, -0.2) is 30.0 Å². The van der Waals surface area contributed by atoms with Crippen LogP contribution in [-0.2, 0) is 9.63 Å². The van der Waals surface area contributed by atoms with Gasteiger partial charge in [-0.15, -0.1) is 0 Å². The molecule has 2 rings (SSSR count). The van der Waals surface area contributed by atoms with Crippen LogP contribution in [0.5, 0.6) is 5.75 Å². The molecule has 1 amide bonds. The quantitative estimate of drug-likeness (QED) is 0.627. The largest absolute Gasteiger partial charge is 0.490 e. The third-order valence-electron chi connectivity index (χ3n) is 2.64. The molecule has 23 heavy (non-hydrogen) atoms. The van der Waals surface area contributed by atoms with E-state index in [0.717, 1.165) is 5.56 Å². The van der Waals surface area contributed by atoms with Gasteiger partial charge in [-0.2, -0.15) is 0 Å². The Bertz CT molecular complexity index is 679. The monoisotopic (exact) mass is 317 g/mol. The van der Waals surface area contributed by atoms with Crippen LogP contribution in [0.4, 0.5) is 5.82 Å². The third kappa shape index (κ3) is 5.46. The number of carbonyl (C=O) groups excluding carboxylic acids is 1. The molecular formula is C16H19N3O4. The van der Waals surface area contributed by atoms with E-state index < -0.39 is 0 Å². The van der Waals surface area contributed by atoms with E-state index >= 15 is 0 Å². The number of para-hydroxylation sites is 1. The molecule has 0 unspecified atom stereocenters.